The molecule has 9 heteroatoms. The molecule has 0 radical (unpaired) electrons. The number of hydrogen-bond donors (Lipinski definition) is 0. The number of hydrogen-bond acceptors (Lipinski definition) is 9. The predicted octanol–water partition coefficient (Wildman–Crippen LogP) is 13.1. The summed E-state index contributed by atoms with van der Waals surface area (Å²) in [4.78, 5) is 1.22. The Labute approximate surface area is 398 Å². The van der Waals surface area contributed by atoms with Gasteiger partial charge >= 0.3 is 0 Å². The lowest BCUT2D eigenvalue weighted by molar-refractivity contribution is 1.13. The highest BCUT2D eigenvalue weighted by Crippen LogP contribution is 2.57. The van der Waals surface area contributed by atoms with E-state index in [2.05, 4.69) is 158 Å². The maximum absolute atomic E-state index is 5.01. The first-order chi connectivity index (χ1) is 33.6. The van der Waals surface area contributed by atoms with Gasteiger partial charge in [0.2, 0.25) is 0 Å². The molecule has 5 aliphatic rings. The molecule has 0 bridgehead atoms. The van der Waals surface area contributed by atoms with E-state index in [1.54, 1.807) is 0 Å². The van der Waals surface area contributed by atoms with Crippen LogP contribution in [0.3, 0.4) is 0 Å². The Kier molecular flexibility index (Phi) is 9.89. The van der Waals surface area contributed by atoms with Gasteiger partial charge in [-0.2, -0.15) is 40.8 Å². The minimum absolute atomic E-state index is 0.112. The molecule has 5 heterocycles. The molecule has 0 saturated heterocycles. The molecule has 1 atom stereocenters. The van der Waals surface area contributed by atoms with Gasteiger partial charge in [0.15, 0.2) is 0 Å². The van der Waals surface area contributed by atoms with Crippen molar-refractivity contribution in [2.45, 2.75) is 49.2 Å². The second-order valence-electron chi connectivity index (χ2n) is 17.8. The molecule has 0 N–H and O–H groups in total. The number of nitrogens with zero attached hydrogens (tertiary/aromatic N) is 8. The molecule has 13 rings (SSSR count). The molecule has 8 aromatic carbocycles. The Bertz CT molecular complexity index is 3660. The third kappa shape index (κ3) is 7.00. The van der Waals surface area contributed by atoms with Crippen LogP contribution in [-0.4, -0.2) is 45.7 Å². The number of fused-ring (bicyclic) bond motifs is 1. The first-order valence-electron chi connectivity index (χ1n) is 23.3. The van der Waals surface area contributed by atoms with Crippen LogP contribution in [0.15, 0.2) is 216 Å². The Morgan fingerprint density at radius 1 is 0.368 bits per heavy atom. The third-order valence-corrected chi connectivity index (χ3v) is 15.0. The molecule has 0 fully saturated rings. The molecule has 0 saturated carbocycles. The summed E-state index contributed by atoms with van der Waals surface area (Å²) >= 11 is 1.92. The fourth-order valence-electron chi connectivity index (χ4n) is 10.4. The highest BCUT2D eigenvalue weighted by molar-refractivity contribution is 8.00. The van der Waals surface area contributed by atoms with E-state index in [9.17, 15) is 0 Å². The van der Waals surface area contributed by atoms with Crippen molar-refractivity contribution in [2.75, 3.05) is 0 Å². The fraction of sp³-hybridized carbons (Fsp3) is 0.119. The van der Waals surface area contributed by atoms with E-state index < -0.39 is 0 Å². The van der Waals surface area contributed by atoms with Crippen LogP contribution in [-0.2, 0) is 6.42 Å². The summed E-state index contributed by atoms with van der Waals surface area (Å²) in [5, 5.41) is 43.3. The summed E-state index contributed by atoms with van der Waals surface area (Å²) in [6.07, 6.45) is 3.46. The molecule has 1 unspecified atom stereocenters. The van der Waals surface area contributed by atoms with Crippen molar-refractivity contribution in [2.24, 2.45) is 40.8 Å². The van der Waals surface area contributed by atoms with Crippen molar-refractivity contribution in [3.63, 3.8) is 0 Å². The molecule has 0 aromatic heterocycles. The number of benzene rings is 8. The van der Waals surface area contributed by atoms with E-state index in [0.717, 1.165) is 96.6 Å². The van der Waals surface area contributed by atoms with Crippen molar-refractivity contribution in [3.8, 4) is 0 Å². The van der Waals surface area contributed by atoms with Crippen LogP contribution in [0.1, 0.15) is 99.1 Å². The second-order valence-corrected chi connectivity index (χ2v) is 18.9. The zero-order valence-electron chi connectivity index (χ0n) is 37.3. The molecule has 0 spiro atoms. The molecule has 8 aromatic rings. The molecule has 0 amide bonds. The van der Waals surface area contributed by atoms with Crippen molar-refractivity contribution < 1.29 is 0 Å². The first-order valence-corrected chi connectivity index (χ1v) is 24.1. The van der Waals surface area contributed by atoms with Crippen LogP contribution >= 0.6 is 11.8 Å². The normalized spacial score (nSPS) is 17.2. The molecule has 5 aliphatic heterocycles. The SMILES string of the molecule is CCc1cc(C2=NN=C(c3ccccc3)C2)cc2ccc(C3=NN=C(c4ccccc4)C3)c(C3Sc4cc(C5=NN=C(c6ccccc6)C5)cc5ccc(C6=NN=C(c7ccccc7)C6)c3c45)c12. The highest BCUT2D eigenvalue weighted by Gasteiger charge is 2.37. The van der Waals surface area contributed by atoms with Crippen LogP contribution in [0.2, 0.25) is 0 Å². The Balaban J connectivity index is 0.967. The molecular weight excluding hydrogens is 853 g/mol. The Morgan fingerprint density at radius 3 is 1.15 bits per heavy atom. The maximum Gasteiger partial charge on any atom is 0.0766 e. The van der Waals surface area contributed by atoms with E-state index >= 15 is 0 Å². The lowest BCUT2D eigenvalue weighted by Crippen LogP contribution is -2.14. The zero-order valence-corrected chi connectivity index (χ0v) is 38.1. The quantitative estimate of drug-likeness (QED) is 0.134. The van der Waals surface area contributed by atoms with Gasteiger partial charge in [-0.05, 0) is 96.9 Å². The summed E-state index contributed by atoms with van der Waals surface area (Å²) in [6, 6.07) is 60.1. The van der Waals surface area contributed by atoms with Crippen LogP contribution in [0.25, 0.3) is 21.5 Å². The highest BCUT2D eigenvalue weighted by atomic mass is 32.2. The smallest absolute Gasteiger partial charge is 0.0766 e. The van der Waals surface area contributed by atoms with Gasteiger partial charge in [0, 0.05) is 47.1 Å². The van der Waals surface area contributed by atoms with E-state index in [1.807, 2.05) is 36.0 Å². The van der Waals surface area contributed by atoms with Gasteiger partial charge in [0.05, 0.1) is 50.9 Å². The monoisotopic (exact) mass is 894 g/mol. The van der Waals surface area contributed by atoms with Crippen molar-refractivity contribution in [1.29, 1.82) is 0 Å². The minimum atomic E-state index is -0.112. The number of thioether (sulfide) groups is 1. The molecule has 0 aliphatic carbocycles. The lowest BCUT2D eigenvalue weighted by Gasteiger charge is -2.23. The van der Waals surface area contributed by atoms with Crippen molar-refractivity contribution in [3.05, 3.63) is 231 Å². The van der Waals surface area contributed by atoms with Crippen LogP contribution in [0, 0.1) is 0 Å². The summed E-state index contributed by atoms with van der Waals surface area (Å²) in [5.41, 5.74) is 20.4. The first kappa shape index (κ1) is 40.3. The van der Waals surface area contributed by atoms with E-state index in [0.29, 0.717) is 25.7 Å². The van der Waals surface area contributed by atoms with Gasteiger partial charge in [-0.25, -0.2) is 0 Å². The molecule has 8 nitrogen and oxygen atoms in total. The third-order valence-electron chi connectivity index (χ3n) is 13.7. The van der Waals surface area contributed by atoms with Gasteiger partial charge in [-0.15, -0.1) is 11.8 Å². The average Bonchev–Trinajstić information content (AvgIpc) is 4.28. The van der Waals surface area contributed by atoms with Crippen LogP contribution in [0.4, 0.5) is 0 Å². The fourth-order valence-corrected chi connectivity index (χ4v) is 11.9. The van der Waals surface area contributed by atoms with Crippen molar-refractivity contribution >= 4 is 79.0 Å². The molecular formula is C59H42N8S. The van der Waals surface area contributed by atoms with Crippen molar-refractivity contribution in [1.82, 2.24) is 0 Å². The summed E-state index contributed by atoms with van der Waals surface area (Å²) < 4.78 is 0. The summed E-state index contributed by atoms with van der Waals surface area (Å²) in [7, 11) is 0. The Hall–Kier alpha value is -8.01. The van der Waals surface area contributed by atoms with Gasteiger partial charge in [-0.1, -0.05) is 153 Å². The lowest BCUT2D eigenvalue weighted by atomic mass is 9.82. The van der Waals surface area contributed by atoms with Crippen LogP contribution in [0.5, 0.6) is 0 Å². The topological polar surface area (TPSA) is 98.9 Å². The van der Waals surface area contributed by atoms with Gasteiger partial charge in [-0.3, -0.25) is 0 Å². The second kappa shape index (κ2) is 16.7. The van der Waals surface area contributed by atoms with Crippen LogP contribution < -0.4 is 0 Å². The van der Waals surface area contributed by atoms with Gasteiger partial charge < -0.3 is 0 Å². The Morgan fingerprint density at radius 2 is 0.721 bits per heavy atom. The summed E-state index contributed by atoms with van der Waals surface area (Å²) in [6.45, 7) is 2.26. The standard InChI is InChI=1S/C59H42N8S/c1-2-35-27-42(50-31-46(60-64-50)36-15-7-3-8-16-36)28-40-23-25-44(52-33-48(62-66-52)38-19-11-5-12-20-38)57(55(35)40)59-58-45(53-34-49(63-67-53)39-21-13-6-14-22-39)26-24-41-29-43(30-54(68-59)56(41)58)51-32-47(61-65-51)37-17-9-4-10-18-37/h3-30,59H,2,31-34H2,1H3. The predicted molar refractivity (Wildman–Crippen MR) is 282 cm³/mol. The van der Waals surface area contributed by atoms with E-state index in [-0.39, 0.29) is 5.25 Å². The molecule has 324 valence electrons. The molecule has 68 heavy (non-hydrogen) atoms. The summed E-state index contributed by atoms with van der Waals surface area (Å²) in [5.74, 6) is 0. The van der Waals surface area contributed by atoms with E-state index in [4.69, 9.17) is 35.7 Å². The average molecular weight is 895 g/mol. The zero-order chi connectivity index (χ0) is 45.1. The minimum Gasteiger partial charge on any atom is -0.154 e. The van der Waals surface area contributed by atoms with Gasteiger partial charge in [0.25, 0.3) is 0 Å². The van der Waals surface area contributed by atoms with Gasteiger partial charge in [0.1, 0.15) is 0 Å². The van der Waals surface area contributed by atoms with E-state index in [1.165, 1.54) is 43.1 Å². The number of rotatable bonds is 10. The largest absolute Gasteiger partial charge is 0.154 e. The maximum atomic E-state index is 5.01. The number of aryl methyl sites for hydroxylation is 1.